The van der Waals surface area contributed by atoms with Crippen LogP contribution in [0.2, 0.25) is 0 Å². The Morgan fingerprint density at radius 3 is 2.17 bits per heavy atom. The van der Waals surface area contributed by atoms with Crippen molar-refractivity contribution in [1.29, 1.82) is 0 Å². The fourth-order valence-corrected chi connectivity index (χ4v) is 1.22. The van der Waals surface area contributed by atoms with Gasteiger partial charge < -0.3 is 0 Å². The molecule has 0 N–H and O–H groups in total. The molecule has 0 saturated heterocycles. The number of hydrogen-bond donors (Lipinski definition) is 0. The van der Waals surface area contributed by atoms with Crippen molar-refractivity contribution in [1.82, 2.24) is 0 Å². The first-order valence-electron chi connectivity index (χ1n) is 4.13. The molecule has 64 valence electrons. The number of nitrogens with zero attached hydrogens (tertiary/aromatic N) is 1. The van der Waals surface area contributed by atoms with E-state index in [0.29, 0.717) is 0 Å². The van der Waals surface area contributed by atoms with Gasteiger partial charge in [-0.1, -0.05) is 49.4 Å². The molecule has 1 atom stereocenters. The highest BCUT2D eigenvalue weighted by molar-refractivity contribution is 5.19. The van der Waals surface area contributed by atoms with Gasteiger partial charge in [0, 0.05) is 0 Å². The summed E-state index contributed by atoms with van der Waals surface area (Å²) >= 11 is 0. The maximum absolute atomic E-state index is 10.5. The van der Waals surface area contributed by atoms with Crippen LogP contribution in [0.5, 0.6) is 0 Å². The summed E-state index contributed by atoms with van der Waals surface area (Å²) in [5.41, 5.74) is 1.00. The van der Waals surface area contributed by atoms with E-state index in [-0.39, 0.29) is 12.0 Å². The predicted octanol–water partition coefficient (Wildman–Crippen LogP) is 3.15. The highest BCUT2D eigenvalue weighted by Crippen LogP contribution is 2.24. The zero-order valence-corrected chi connectivity index (χ0v) is 7.40. The fraction of sp³-hybridized carbons (Fsp3) is 0.400. The maximum Gasteiger partial charge on any atom is 0.119 e. The lowest BCUT2D eigenvalue weighted by atomic mass is 9.97. The standard InChI is InChI=1S/C10H13NO/c1-8(2)10(11-12)9-6-4-3-5-7-9/h3-8,10H,1-2H3. The lowest BCUT2D eigenvalue weighted by molar-refractivity contribution is 0.513. The second kappa shape index (κ2) is 4.00. The zero-order valence-electron chi connectivity index (χ0n) is 7.40. The molecule has 0 radical (unpaired) electrons. The molecule has 0 heterocycles. The summed E-state index contributed by atoms with van der Waals surface area (Å²) in [6, 6.07) is 9.46. The van der Waals surface area contributed by atoms with Crippen molar-refractivity contribution < 1.29 is 0 Å². The van der Waals surface area contributed by atoms with E-state index in [9.17, 15) is 4.91 Å². The van der Waals surface area contributed by atoms with Crippen molar-refractivity contribution >= 4 is 0 Å². The van der Waals surface area contributed by atoms with Crippen LogP contribution in [-0.2, 0) is 0 Å². The van der Waals surface area contributed by atoms with Crippen LogP contribution in [0.4, 0.5) is 0 Å². The Labute approximate surface area is 72.6 Å². The summed E-state index contributed by atoms with van der Waals surface area (Å²) in [7, 11) is 0. The Morgan fingerprint density at radius 1 is 1.17 bits per heavy atom. The predicted molar refractivity (Wildman–Crippen MR) is 49.8 cm³/mol. The van der Waals surface area contributed by atoms with E-state index in [1.807, 2.05) is 44.2 Å². The Kier molecular flexibility index (Phi) is 2.97. The molecule has 0 aliphatic rings. The van der Waals surface area contributed by atoms with E-state index < -0.39 is 0 Å². The van der Waals surface area contributed by atoms with Crippen LogP contribution in [0, 0.1) is 10.8 Å². The van der Waals surface area contributed by atoms with Crippen molar-refractivity contribution in [3.8, 4) is 0 Å². The van der Waals surface area contributed by atoms with Gasteiger partial charge in [0.25, 0.3) is 0 Å². The van der Waals surface area contributed by atoms with Crippen LogP contribution in [0.15, 0.2) is 35.5 Å². The highest BCUT2D eigenvalue weighted by atomic mass is 16.3. The first-order valence-corrected chi connectivity index (χ1v) is 4.13. The van der Waals surface area contributed by atoms with Crippen molar-refractivity contribution in [2.24, 2.45) is 11.1 Å². The summed E-state index contributed by atoms with van der Waals surface area (Å²) in [6.45, 7) is 4.00. The minimum atomic E-state index is -0.203. The third-order valence-corrected chi connectivity index (χ3v) is 1.89. The van der Waals surface area contributed by atoms with Gasteiger partial charge in [-0.3, -0.25) is 0 Å². The fourth-order valence-electron chi connectivity index (χ4n) is 1.22. The topological polar surface area (TPSA) is 29.4 Å². The quantitative estimate of drug-likeness (QED) is 0.629. The summed E-state index contributed by atoms with van der Waals surface area (Å²) in [5.74, 6) is 0.268. The molecule has 0 saturated carbocycles. The van der Waals surface area contributed by atoms with E-state index in [0.717, 1.165) is 5.56 Å². The Hall–Kier alpha value is -1.18. The molecular weight excluding hydrogens is 150 g/mol. The van der Waals surface area contributed by atoms with Gasteiger partial charge in [0.05, 0.1) is 0 Å². The molecule has 12 heavy (non-hydrogen) atoms. The van der Waals surface area contributed by atoms with Crippen LogP contribution < -0.4 is 0 Å². The second-order valence-corrected chi connectivity index (χ2v) is 3.20. The van der Waals surface area contributed by atoms with Crippen LogP contribution in [0.1, 0.15) is 25.5 Å². The largest absolute Gasteiger partial charge is 0.150 e. The molecule has 1 unspecified atom stereocenters. The molecule has 0 bridgehead atoms. The molecule has 1 rings (SSSR count). The number of rotatable bonds is 3. The van der Waals surface area contributed by atoms with Gasteiger partial charge >= 0.3 is 0 Å². The summed E-state index contributed by atoms with van der Waals surface area (Å²) in [4.78, 5) is 10.5. The number of benzene rings is 1. The average molecular weight is 163 g/mol. The number of hydrogen-bond acceptors (Lipinski definition) is 2. The van der Waals surface area contributed by atoms with Gasteiger partial charge in [0.15, 0.2) is 0 Å². The molecule has 0 amide bonds. The lowest BCUT2D eigenvalue weighted by Crippen LogP contribution is -2.02. The van der Waals surface area contributed by atoms with Crippen LogP contribution in [0.3, 0.4) is 0 Å². The van der Waals surface area contributed by atoms with Gasteiger partial charge in [0.2, 0.25) is 0 Å². The Morgan fingerprint density at radius 2 is 1.75 bits per heavy atom. The van der Waals surface area contributed by atoms with Crippen LogP contribution in [-0.4, -0.2) is 0 Å². The molecule has 0 aromatic heterocycles. The van der Waals surface area contributed by atoms with E-state index in [4.69, 9.17) is 0 Å². The van der Waals surface area contributed by atoms with E-state index in [1.165, 1.54) is 0 Å². The Balaban J connectivity index is 2.88. The molecule has 1 aromatic rings. The third kappa shape index (κ3) is 1.91. The van der Waals surface area contributed by atoms with Crippen molar-refractivity contribution in [3.05, 3.63) is 40.8 Å². The first kappa shape index (κ1) is 8.91. The molecule has 0 spiro atoms. The molecular formula is C10H13NO. The van der Waals surface area contributed by atoms with Gasteiger partial charge in [-0.05, 0) is 11.5 Å². The summed E-state index contributed by atoms with van der Waals surface area (Å²) in [5, 5.41) is 3.11. The van der Waals surface area contributed by atoms with E-state index >= 15 is 0 Å². The molecule has 2 nitrogen and oxygen atoms in total. The third-order valence-electron chi connectivity index (χ3n) is 1.89. The van der Waals surface area contributed by atoms with Gasteiger partial charge in [-0.2, -0.15) is 4.91 Å². The zero-order chi connectivity index (χ0) is 8.97. The van der Waals surface area contributed by atoms with Crippen molar-refractivity contribution in [2.45, 2.75) is 19.9 Å². The normalized spacial score (nSPS) is 12.9. The SMILES string of the molecule is CC(C)C(N=O)c1ccccc1. The smallest absolute Gasteiger partial charge is 0.119 e. The van der Waals surface area contributed by atoms with Crippen LogP contribution in [0.25, 0.3) is 0 Å². The summed E-state index contributed by atoms with van der Waals surface area (Å²) < 4.78 is 0. The Bertz CT molecular complexity index is 243. The van der Waals surface area contributed by atoms with Gasteiger partial charge in [-0.25, -0.2) is 0 Å². The minimum Gasteiger partial charge on any atom is -0.150 e. The van der Waals surface area contributed by atoms with Gasteiger partial charge in [0.1, 0.15) is 6.04 Å². The number of nitroso groups, excluding NO2 is 1. The molecule has 0 aliphatic heterocycles. The molecule has 0 aliphatic carbocycles. The van der Waals surface area contributed by atoms with Gasteiger partial charge in [-0.15, -0.1) is 0 Å². The van der Waals surface area contributed by atoms with Crippen molar-refractivity contribution in [3.63, 3.8) is 0 Å². The van der Waals surface area contributed by atoms with E-state index in [1.54, 1.807) is 0 Å². The minimum absolute atomic E-state index is 0.203. The molecule has 1 aromatic carbocycles. The first-order chi connectivity index (χ1) is 5.75. The molecule has 2 heteroatoms. The lowest BCUT2D eigenvalue weighted by Gasteiger charge is -2.12. The second-order valence-electron chi connectivity index (χ2n) is 3.20. The average Bonchev–Trinajstić information content (AvgIpc) is 2.07. The molecule has 0 fully saturated rings. The van der Waals surface area contributed by atoms with Crippen molar-refractivity contribution in [2.75, 3.05) is 0 Å². The maximum atomic E-state index is 10.5. The van der Waals surface area contributed by atoms with Crippen LogP contribution >= 0.6 is 0 Å². The monoisotopic (exact) mass is 163 g/mol. The highest BCUT2D eigenvalue weighted by Gasteiger charge is 2.14. The summed E-state index contributed by atoms with van der Waals surface area (Å²) in [6.07, 6.45) is 0. The van der Waals surface area contributed by atoms with E-state index in [2.05, 4.69) is 5.18 Å².